The monoisotopic (exact) mass is 457 g/mol. The molecule has 0 saturated carbocycles. The van der Waals surface area contributed by atoms with Crippen molar-refractivity contribution >= 4 is 7.81 Å². The van der Waals surface area contributed by atoms with E-state index in [1.807, 2.05) is 0 Å². The maximum atomic E-state index is 9.87. The fourth-order valence-corrected chi connectivity index (χ4v) is 3.02. The molecule has 0 aliphatic rings. The second-order valence-corrected chi connectivity index (χ2v) is 11.1. The molecule has 0 radical (unpaired) electrons. The zero-order valence-corrected chi connectivity index (χ0v) is 20.0. The van der Waals surface area contributed by atoms with Gasteiger partial charge in [0.1, 0.15) is 0 Å². The van der Waals surface area contributed by atoms with Crippen molar-refractivity contribution in [2.45, 2.75) is 130 Å². The number of hydrogen-bond donors (Lipinski definition) is 1. The van der Waals surface area contributed by atoms with Crippen LogP contribution < -0.4 is 5.73 Å². The van der Waals surface area contributed by atoms with Gasteiger partial charge in [0, 0.05) is 5.41 Å². The zero-order valence-electron chi connectivity index (χ0n) is 19.1. The Morgan fingerprint density at radius 2 is 0.862 bits per heavy atom. The summed E-state index contributed by atoms with van der Waals surface area (Å²) in [6.45, 7) is 9.28. The van der Waals surface area contributed by atoms with E-state index in [0.29, 0.717) is 11.5 Å². The third-order valence-corrected chi connectivity index (χ3v) is 5.51. The Bertz CT molecular complexity index is 381. The van der Waals surface area contributed by atoms with E-state index in [0.717, 1.165) is 0 Å². The van der Waals surface area contributed by atoms with Crippen LogP contribution in [0.3, 0.4) is 0 Å². The molecule has 29 heavy (non-hydrogen) atoms. The summed E-state index contributed by atoms with van der Waals surface area (Å²) in [6, 6.07) is 0.564. The first-order valence-electron chi connectivity index (χ1n) is 11.3. The molecule has 0 heterocycles. The van der Waals surface area contributed by atoms with Gasteiger partial charge in [-0.1, -0.05) is 111 Å². The summed E-state index contributed by atoms with van der Waals surface area (Å²) in [7, 11) is -10.7. The summed E-state index contributed by atoms with van der Waals surface area (Å²) >= 11 is 0. The molecule has 0 aromatic heterocycles. The molecule has 1 atom stereocenters. The van der Waals surface area contributed by atoms with Gasteiger partial charge in [0.25, 0.3) is 0 Å². The van der Waals surface area contributed by atoms with Gasteiger partial charge >= 0.3 is 33.0 Å². The SMILES string of the molecule is CCCCCCCCCCCCCCCCC(C)(C)C(C)[NH3+].F[P-](F)(F)(F)(F)F. The quantitative estimate of drug-likeness (QED) is 0.136. The summed E-state index contributed by atoms with van der Waals surface area (Å²) in [5.74, 6) is 0. The van der Waals surface area contributed by atoms with Crippen molar-refractivity contribution in [3.05, 3.63) is 0 Å². The molecule has 0 aliphatic heterocycles. The molecular formula is C21H46F6NP. The van der Waals surface area contributed by atoms with Gasteiger partial charge in [-0.2, -0.15) is 0 Å². The molecule has 0 saturated heterocycles. The van der Waals surface area contributed by atoms with E-state index in [-0.39, 0.29) is 0 Å². The number of unbranched alkanes of at least 4 members (excludes halogenated alkanes) is 13. The van der Waals surface area contributed by atoms with Crippen LogP contribution in [0.15, 0.2) is 0 Å². The number of halogens is 6. The van der Waals surface area contributed by atoms with Crippen LogP contribution >= 0.6 is 7.81 Å². The van der Waals surface area contributed by atoms with E-state index in [9.17, 15) is 25.2 Å². The van der Waals surface area contributed by atoms with Gasteiger partial charge < -0.3 is 5.73 Å². The first-order chi connectivity index (χ1) is 13.0. The molecule has 1 nitrogen and oxygen atoms in total. The van der Waals surface area contributed by atoms with Crippen LogP contribution in [0.2, 0.25) is 0 Å². The average Bonchev–Trinajstić information content (AvgIpc) is 2.52. The number of quaternary nitrogens is 1. The first kappa shape index (κ1) is 31.2. The average molecular weight is 458 g/mol. The Balaban J connectivity index is 0. The van der Waals surface area contributed by atoms with Gasteiger partial charge in [0.2, 0.25) is 0 Å². The topological polar surface area (TPSA) is 27.6 Å². The molecule has 1 unspecified atom stereocenters. The Hall–Kier alpha value is -0.0300. The van der Waals surface area contributed by atoms with Crippen LogP contribution in [0.5, 0.6) is 0 Å². The predicted molar refractivity (Wildman–Crippen MR) is 115 cm³/mol. The van der Waals surface area contributed by atoms with Gasteiger partial charge in [-0.05, 0) is 13.3 Å². The van der Waals surface area contributed by atoms with E-state index in [2.05, 4.69) is 33.4 Å². The van der Waals surface area contributed by atoms with E-state index in [1.54, 1.807) is 0 Å². The second kappa shape index (κ2) is 13.4. The zero-order chi connectivity index (χ0) is 23.1. The standard InChI is InChI=1S/C21H45N.F6P/c1-5-6-7-8-9-10-11-12-13-14-15-16-17-18-19-21(3,4)20(2)22;1-7(2,3,4,5)6/h20H,5-19,22H2,1-4H3;/q;-1/p+1. The predicted octanol–water partition coefficient (Wildman–Crippen LogP) is 9.90. The Morgan fingerprint density at radius 1 is 0.621 bits per heavy atom. The third-order valence-electron chi connectivity index (χ3n) is 5.51. The van der Waals surface area contributed by atoms with E-state index < -0.39 is 7.81 Å². The van der Waals surface area contributed by atoms with Crippen molar-refractivity contribution in [2.24, 2.45) is 5.41 Å². The molecule has 0 amide bonds. The fourth-order valence-electron chi connectivity index (χ4n) is 3.02. The normalized spacial score (nSPS) is 15.8. The van der Waals surface area contributed by atoms with Crippen molar-refractivity contribution < 1.29 is 30.9 Å². The van der Waals surface area contributed by atoms with Gasteiger partial charge in [-0.25, -0.2) is 0 Å². The molecule has 8 heteroatoms. The van der Waals surface area contributed by atoms with Crippen LogP contribution in [-0.2, 0) is 0 Å². The third kappa shape index (κ3) is 35.8. The van der Waals surface area contributed by atoms with Crippen molar-refractivity contribution in [1.29, 1.82) is 0 Å². The number of hydrogen-bond acceptors (Lipinski definition) is 0. The van der Waals surface area contributed by atoms with Gasteiger partial charge in [0.05, 0.1) is 6.04 Å². The minimum atomic E-state index is -10.7. The van der Waals surface area contributed by atoms with Crippen molar-refractivity contribution in [2.75, 3.05) is 0 Å². The summed E-state index contributed by atoms with van der Waals surface area (Å²) in [6.07, 6.45) is 21.6. The van der Waals surface area contributed by atoms with Gasteiger partial charge in [-0.15, -0.1) is 0 Å². The van der Waals surface area contributed by atoms with Crippen LogP contribution in [0.4, 0.5) is 25.2 Å². The summed E-state index contributed by atoms with van der Waals surface area (Å²) < 4.78 is 59.2. The van der Waals surface area contributed by atoms with Crippen molar-refractivity contribution in [1.82, 2.24) is 0 Å². The Morgan fingerprint density at radius 3 is 1.10 bits per heavy atom. The van der Waals surface area contributed by atoms with Crippen molar-refractivity contribution in [3.63, 3.8) is 0 Å². The van der Waals surface area contributed by atoms with Crippen LogP contribution in [-0.4, -0.2) is 6.04 Å². The number of rotatable bonds is 16. The van der Waals surface area contributed by atoms with E-state index in [4.69, 9.17) is 0 Å². The maximum absolute atomic E-state index is 10.7. The van der Waals surface area contributed by atoms with Crippen LogP contribution in [0.25, 0.3) is 0 Å². The fraction of sp³-hybridized carbons (Fsp3) is 1.00. The molecule has 0 fully saturated rings. The summed E-state index contributed by atoms with van der Waals surface area (Å²) in [5, 5.41) is 0. The molecule has 0 spiro atoms. The molecule has 0 bridgehead atoms. The van der Waals surface area contributed by atoms with Crippen molar-refractivity contribution in [3.8, 4) is 0 Å². The molecule has 0 aromatic rings. The van der Waals surface area contributed by atoms with Crippen LogP contribution in [0.1, 0.15) is 124 Å². The molecule has 0 aromatic carbocycles. The van der Waals surface area contributed by atoms with Crippen LogP contribution in [0, 0.1) is 5.41 Å². The van der Waals surface area contributed by atoms with Gasteiger partial charge in [0.15, 0.2) is 0 Å². The Kier molecular flexibility index (Phi) is 14.4. The minimum absolute atomic E-state index is 0.428. The molecule has 0 aliphatic carbocycles. The van der Waals surface area contributed by atoms with E-state index >= 15 is 0 Å². The molecule has 3 N–H and O–H groups in total. The van der Waals surface area contributed by atoms with E-state index in [1.165, 1.54) is 96.3 Å². The summed E-state index contributed by atoms with van der Waals surface area (Å²) in [4.78, 5) is 0. The molecule has 182 valence electrons. The second-order valence-electron chi connectivity index (χ2n) is 9.19. The first-order valence-corrected chi connectivity index (χ1v) is 13.4. The molecule has 0 rings (SSSR count). The Labute approximate surface area is 174 Å². The summed E-state index contributed by atoms with van der Waals surface area (Å²) in [5.41, 5.74) is 4.62. The molecular weight excluding hydrogens is 411 g/mol. The van der Waals surface area contributed by atoms with Gasteiger partial charge in [-0.3, -0.25) is 0 Å².